The predicted octanol–water partition coefficient (Wildman–Crippen LogP) is 0.451. The van der Waals surface area contributed by atoms with Crippen molar-refractivity contribution in [1.82, 2.24) is 9.62 Å². The van der Waals surface area contributed by atoms with Crippen molar-refractivity contribution in [3.05, 3.63) is 48.0 Å². The first-order chi connectivity index (χ1) is 16.7. The van der Waals surface area contributed by atoms with Crippen LogP contribution in [0.15, 0.2) is 47.4 Å². The summed E-state index contributed by atoms with van der Waals surface area (Å²) in [5, 5.41) is 31.6. The van der Waals surface area contributed by atoms with Crippen LogP contribution in [-0.4, -0.2) is 80.0 Å². The van der Waals surface area contributed by atoms with Gasteiger partial charge in [0, 0.05) is 31.6 Å². The van der Waals surface area contributed by atoms with Crippen LogP contribution in [0.1, 0.15) is 18.4 Å². The highest BCUT2D eigenvalue weighted by Crippen LogP contribution is 2.41. The zero-order chi connectivity index (χ0) is 24.6. The molecule has 190 valence electrons. The predicted molar refractivity (Wildman–Crippen MR) is 125 cm³/mol. The van der Waals surface area contributed by atoms with Crippen molar-refractivity contribution in [3.8, 4) is 17.2 Å². The maximum atomic E-state index is 12.9. The van der Waals surface area contributed by atoms with Gasteiger partial charge >= 0.3 is 0 Å². The van der Waals surface area contributed by atoms with E-state index in [2.05, 4.69) is 4.72 Å². The Balaban J connectivity index is 1.47. The number of sulfonamides is 1. The largest absolute Gasteiger partial charge is 0.492 e. The first-order valence-electron chi connectivity index (χ1n) is 11.6. The minimum absolute atomic E-state index is 0.0146. The smallest absolute Gasteiger partial charge is 0.244 e. The molecule has 2 aromatic rings. The van der Waals surface area contributed by atoms with Crippen LogP contribution in [0, 0.1) is 5.41 Å². The molecule has 1 unspecified atom stereocenters. The van der Waals surface area contributed by atoms with E-state index in [0.717, 1.165) is 5.56 Å². The second-order valence-electron chi connectivity index (χ2n) is 9.64. The van der Waals surface area contributed by atoms with Gasteiger partial charge in [0.2, 0.25) is 16.8 Å². The number of hydrogen-bond donors (Lipinski definition) is 4. The lowest BCUT2D eigenvalue weighted by atomic mass is 9.85. The Kier molecular flexibility index (Phi) is 6.64. The minimum Gasteiger partial charge on any atom is -0.492 e. The molecular weight excluding hydrogens is 476 g/mol. The van der Waals surface area contributed by atoms with Crippen molar-refractivity contribution < 1.29 is 37.9 Å². The molecule has 2 aromatic carbocycles. The average Bonchev–Trinajstić information content (AvgIpc) is 3.39. The summed E-state index contributed by atoms with van der Waals surface area (Å²) in [6.45, 7) is 1.12. The molecule has 10 nitrogen and oxygen atoms in total. The van der Waals surface area contributed by atoms with Gasteiger partial charge in [-0.05, 0) is 42.7 Å². The number of nitrogens with zero attached hydrogens (tertiary/aromatic N) is 1. The highest BCUT2D eigenvalue weighted by Gasteiger charge is 2.46. The number of β-amino-alcohol motifs (C(OH)–C–C–N with tert-alkyl or cyclic N) is 1. The molecule has 0 bridgehead atoms. The molecule has 4 N–H and O–H groups in total. The highest BCUT2D eigenvalue weighted by molar-refractivity contribution is 7.89. The number of rotatable bonds is 2. The molecule has 1 spiro atoms. The third-order valence-electron chi connectivity index (χ3n) is 6.78. The van der Waals surface area contributed by atoms with Crippen molar-refractivity contribution in [1.29, 1.82) is 0 Å². The van der Waals surface area contributed by atoms with Crippen LogP contribution in [0.3, 0.4) is 0 Å². The van der Waals surface area contributed by atoms with E-state index in [1.54, 1.807) is 18.2 Å². The Morgan fingerprint density at radius 3 is 2.51 bits per heavy atom. The fraction of sp³-hybridized carbons (Fsp3) is 0.500. The molecule has 4 atom stereocenters. The molecule has 1 fully saturated rings. The summed E-state index contributed by atoms with van der Waals surface area (Å²) < 4.78 is 45.3. The number of fused-ring (bicyclic) bond motifs is 2. The lowest BCUT2D eigenvalue weighted by Gasteiger charge is -2.37. The fourth-order valence-electron chi connectivity index (χ4n) is 5.16. The zero-order valence-electron chi connectivity index (χ0n) is 19.2. The van der Waals surface area contributed by atoms with E-state index < -0.39 is 33.8 Å². The summed E-state index contributed by atoms with van der Waals surface area (Å²) in [7, 11) is -3.92. The van der Waals surface area contributed by atoms with Gasteiger partial charge in [-0.1, -0.05) is 18.2 Å². The number of para-hydroxylation sites is 1. The third kappa shape index (κ3) is 5.25. The van der Waals surface area contributed by atoms with E-state index in [9.17, 15) is 23.7 Å². The van der Waals surface area contributed by atoms with Crippen molar-refractivity contribution in [2.24, 2.45) is 5.41 Å². The summed E-state index contributed by atoms with van der Waals surface area (Å²) in [5.74, 6) is 1.50. The van der Waals surface area contributed by atoms with E-state index in [1.165, 1.54) is 6.07 Å². The van der Waals surface area contributed by atoms with Crippen LogP contribution in [0.25, 0.3) is 0 Å². The van der Waals surface area contributed by atoms with Crippen LogP contribution in [0.5, 0.6) is 17.2 Å². The highest BCUT2D eigenvalue weighted by atomic mass is 32.2. The molecule has 35 heavy (non-hydrogen) atoms. The van der Waals surface area contributed by atoms with Gasteiger partial charge in [-0.15, -0.1) is 0 Å². The second kappa shape index (κ2) is 9.57. The summed E-state index contributed by atoms with van der Waals surface area (Å²) in [4.78, 5) is 1.98. The van der Waals surface area contributed by atoms with Crippen molar-refractivity contribution in [2.45, 2.75) is 42.6 Å². The molecule has 5 rings (SSSR count). The molecule has 2 heterocycles. The molecule has 11 heteroatoms. The molecule has 0 aromatic heterocycles. The van der Waals surface area contributed by atoms with Gasteiger partial charge in [-0.3, -0.25) is 4.90 Å². The topological polar surface area (TPSA) is 138 Å². The average molecular weight is 507 g/mol. The third-order valence-corrected chi connectivity index (χ3v) is 8.24. The molecular formula is C24H30N2O8S. The second-order valence-corrected chi connectivity index (χ2v) is 11.4. The van der Waals surface area contributed by atoms with Crippen molar-refractivity contribution in [2.75, 3.05) is 33.0 Å². The Labute approximate surface area is 204 Å². The molecule has 3 aliphatic rings. The normalized spacial score (nSPS) is 30.8. The number of nitrogens with one attached hydrogen (secondary N) is 1. The van der Waals surface area contributed by atoms with Crippen LogP contribution in [0.4, 0.5) is 0 Å². The molecule has 1 aliphatic carbocycles. The molecule has 0 saturated heterocycles. The number of hydrogen-bond acceptors (Lipinski definition) is 9. The Hall–Kier alpha value is -2.41. The lowest BCUT2D eigenvalue weighted by Crippen LogP contribution is -2.46. The van der Waals surface area contributed by atoms with Gasteiger partial charge in [0.25, 0.3) is 0 Å². The van der Waals surface area contributed by atoms with E-state index in [-0.39, 0.29) is 50.0 Å². The van der Waals surface area contributed by atoms with Crippen LogP contribution < -0.4 is 18.9 Å². The maximum absolute atomic E-state index is 12.9. The number of aliphatic hydroxyl groups is 3. The van der Waals surface area contributed by atoms with E-state index >= 15 is 0 Å². The van der Waals surface area contributed by atoms with E-state index in [0.29, 0.717) is 24.6 Å². The number of benzene rings is 2. The Morgan fingerprint density at radius 1 is 0.971 bits per heavy atom. The fourth-order valence-corrected chi connectivity index (χ4v) is 6.38. The number of aliphatic hydroxyl groups excluding tert-OH is 3. The molecule has 0 radical (unpaired) electrons. The summed E-state index contributed by atoms with van der Waals surface area (Å²) in [5.41, 5.74) is 0.271. The van der Waals surface area contributed by atoms with Gasteiger partial charge in [0.05, 0.1) is 24.9 Å². The first kappa shape index (κ1) is 24.3. The monoisotopic (exact) mass is 506 g/mol. The lowest BCUT2D eigenvalue weighted by molar-refractivity contribution is 0.0427. The van der Waals surface area contributed by atoms with E-state index in [1.807, 2.05) is 23.1 Å². The van der Waals surface area contributed by atoms with Crippen LogP contribution in [-0.2, 0) is 16.6 Å². The van der Waals surface area contributed by atoms with Crippen LogP contribution in [0.2, 0.25) is 0 Å². The maximum Gasteiger partial charge on any atom is 0.244 e. The van der Waals surface area contributed by atoms with Gasteiger partial charge in [-0.25, -0.2) is 13.1 Å². The van der Waals surface area contributed by atoms with E-state index in [4.69, 9.17) is 14.2 Å². The van der Waals surface area contributed by atoms with Crippen molar-refractivity contribution >= 4 is 10.0 Å². The van der Waals surface area contributed by atoms with Gasteiger partial charge in [0.1, 0.15) is 10.6 Å². The van der Waals surface area contributed by atoms with Crippen LogP contribution >= 0.6 is 0 Å². The Morgan fingerprint density at radius 2 is 1.71 bits per heavy atom. The minimum atomic E-state index is -3.92. The van der Waals surface area contributed by atoms with Gasteiger partial charge < -0.3 is 29.5 Å². The SMILES string of the molecule is O=S1(=O)NC[C@H](O)CN(Cc2ccc3c(c2)OCO3)CC2(COc3ccccc31)C[C@@H](O)[C@@H](O)C2. The Bertz CT molecular complexity index is 1160. The summed E-state index contributed by atoms with van der Waals surface area (Å²) in [6, 6.07) is 11.9. The summed E-state index contributed by atoms with van der Waals surface area (Å²) >= 11 is 0. The van der Waals surface area contributed by atoms with Gasteiger partial charge in [-0.2, -0.15) is 0 Å². The standard InChI is InChI=1S/C24H30N2O8S/c27-17-10-25-35(30,31)23-4-2-1-3-21(23)32-14-24(8-18(28)19(29)9-24)13-26(12-17)11-16-5-6-20-22(7-16)34-15-33-20/h1-7,17-19,25,27-29H,8-15H2/t17-,18-,19+,24?/m0/s1. The first-order valence-corrected chi connectivity index (χ1v) is 13.1. The molecule has 1 saturated carbocycles. The van der Waals surface area contributed by atoms with Gasteiger partial charge in [0.15, 0.2) is 11.5 Å². The molecule has 0 amide bonds. The molecule has 2 aliphatic heterocycles. The number of ether oxygens (including phenoxy) is 3. The summed E-state index contributed by atoms with van der Waals surface area (Å²) in [6.07, 6.45) is -2.24. The zero-order valence-corrected chi connectivity index (χ0v) is 20.0. The van der Waals surface area contributed by atoms with Crippen molar-refractivity contribution in [3.63, 3.8) is 0 Å². The quantitative estimate of drug-likeness (QED) is 0.457.